The SMILES string of the molecule is NCC1CCNc2c3cccnc3nn21. The summed E-state index contributed by atoms with van der Waals surface area (Å²) in [7, 11) is 0. The van der Waals surface area contributed by atoms with Gasteiger partial charge >= 0.3 is 0 Å². The number of fused-ring (bicyclic) bond motifs is 3. The molecule has 1 atom stereocenters. The van der Waals surface area contributed by atoms with Gasteiger partial charge in [-0.25, -0.2) is 9.67 Å². The number of nitrogens with one attached hydrogen (secondary N) is 1. The Morgan fingerprint density at radius 2 is 2.53 bits per heavy atom. The van der Waals surface area contributed by atoms with Crippen LogP contribution in [0.4, 0.5) is 5.82 Å². The van der Waals surface area contributed by atoms with Crippen molar-refractivity contribution >= 4 is 16.9 Å². The largest absolute Gasteiger partial charge is 0.370 e. The Kier molecular flexibility index (Phi) is 1.85. The van der Waals surface area contributed by atoms with Crippen LogP contribution in [0.15, 0.2) is 18.3 Å². The third kappa shape index (κ3) is 1.20. The topological polar surface area (TPSA) is 68.8 Å². The molecule has 1 aliphatic heterocycles. The monoisotopic (exact) mass is 203 g/mol. The lowest BCUT2D eigenvalue weighted by molar-refractivity contribution is 0.430. The second kappa shape index (κ2) is 3.20. The molecule has 0 bridgehead atoms. The van der Waals surface area contributed by atoms with E-state index in [2.05, 4.69) is 15.4 Å². The van der Waals surface area contributed by atoms with Gasteiger partial charge in [0.1, 0.15) is 5.82 Å². The van der Waals surface area contributed by atoms with Crippen molar-refractivity contribution in [3.8, 4) is 0 Å². The molecule has 3 heterocycles. The molecular formula is C10H13N5. The van der Waals surface area contributed by atoms with Crippen LogP contribution in [0.2, 0.25) is 0 Å². The average molecular weight is 203 g/mol. The number of hydrogen-bond donors (Lipinski definition) is 2. The molecule has 0 radical (unpaired) electrons. The van der Waals surface area contributed by atoms with Crippen molar-refractivity contribution in [2.24, 2.45) is 5.73 Å². The Hall–Kier alpha value is -1.62. The number of nitrogens with zero attached hydrogens (tertiary/aromatic N) is 3. The lowest BCUT2D eigenvalue weighted by atomic mass is 10.1. The summed E-state index contributed by atoms with van der Waals surface area (Å²) in [5.74, 6) is 1.06. The Labute approximate surface area is 87.3 Å². The molecule has 0 amide bonds. The van der Waals surface area contributed by atoms with Gasteiger partial charge < -0.3 is 11.1 Å². The van der Waals surface area contributed by atoms with Crippen LogP contribution in [0.3, 0.4) is 0 Å². The number of nitrogens with two attached hydrogens (primary N) is 1. The Balaban J connectivity index is 2.24. The molecule has 0 aliphatic carbocycles. The van der Waals surface area contributed by atoms with Crippen molar-refractivity contribution in [2.45, 2.75) is 12.5 Å². The summed E-state index contributed by atoms with van der Waals surface area (Å²) in [4.78, 5) is 4.24. The summed E-state index contributed by atoms with van der Waals surface area (Å²) < 4.78 is 1.97. The molecule has 15 heavy (non-hydrogen) atoms. The van der Waals surface area contributed by atoms with Crippen molar-refractivity contribution < 1.29 is 0 Å². The van der Waals surface area contributed by atoms with Crippen LogP contribution in [0.1, 0.15) is 12.5 Å². The lowest BCUT2D eigenvalue weighted by Gasteiger charge is -2.24. The first kappa shape index (κ1) is 8.67. The molecule has 0 aromatic carbocycles. The number of pyridine rings is 1. The number of anilines is 1. The normalized spacial score (nSPS) is 19.9. The Bertz CT molecular complexity index is 490. The van der Waals surface area contributed by atoms with E-state index in [1.807, 2.05) is 16.8 Å². The van der Waals surface area contributed by atoms with Gasteiger partial charge in [0.05, 0.1) is 11.4 Å². The molecule has 0 spiro atoms. The molecule has 5 heteroatoms. The van der Waals surface area contributed by atoms with Gasteiger partial charge in [0, 0.05) is 19.3 Å². The average Bonchev–Trinajstić information content (AvgIpc) is 2.67. The van der Waals surface area contributed by atoms with Gasteiger partial charge in [-0.15, -0.1) is 0 Å². The summed E-state index contributed by atoms with van der Waals surface area (Å²) in [5.41, 5.74) is 6.52. The van der Waals surface area contributed by atoms with Crippen LogP contribution in [0, 0.1) is 0 Å². The first-order valence-electron chi connectivity index (χ1n) is 5.17. The third-order valence-electron chi connectivity index (χ3n) is 2.86. The van der Waals surface area contributed by atoms with E-state index >= 15 is 0 Å². The van der Waals surface area contributed by atoms with Crippen molar-refractivity contribution in [2.75, 3.05) is 18.4 Å². The smallest absolute Gasteiger partial charge is 0.183 e. The van der Waals surface area contributed by atoms with Crippen molar-refractivity contribution in [1.29, 1.82) is 0 Å². The van der Waals surface area contributed by atoms with Crippen LogP contribution >= 0.6 is 0 Å². The van der Waals surface area contributed by atoms with Crippen LogP contribution in [-0.4, -0.2) is 27.9 Å². The van der Waals surface area contributed by atoms with E-state index in [1.165, 1.54) is 0 Å². The maximum Gasteiger partial charge on any atom is 0.183 e. The van der Waals surface area contributed by atoms with Gasteiger partial charge in [-0.2, -0.15) is 5.10 Å². The van der Waals surface area contributed by atoms with Crippen molar-refractivity contribution in [3.63, 3.8) is 0 Å². The summed E-state index contributed by atoms with van der Waals surface area (Å²) in [5, 5.41) is 8.90. The number of aromatic nitrogens is 3. The molecule has 1 unspecified atom stereocenters. The summed E-state index contributed by atoms with van der Waals surface area (Å²) >= 11 is 0. The second-order valence-corrected chi connectivity index (χ2v) is 3.77. The van der Waals surface area contributed by atoms with Gasteiger partial charge in [0.25, 0.3) is 0 Å². The van der Waals surface area contributed by atoms with E-state index in [4.69, 9.17) is 5.73 Å². The van der Waals surface area contributed by atoms with Crippen molar-refractivity contribution in [1.82, 2.24) is 14.8 Å². The van der Waals surface area contributed by atoms with Gasteiger partial charge in [0.15, 0.2) is 5.65 Å². The van der Waals surface area contributed by atoms with Gasteiger partial charge in [-0.3, -0.25) is 0 Å². The van der Waals surface area contributed by atoms with Gasteiger partial charge in [-0.1, -0.05) is 0 Å². The van der Waals surface area contributed by atoms with Crippen molar-refractivity contribution in [3.05, 3.63) is 18.3 Å². The quantitative estimate of drug-likeness (QED) is 0.717. The van der Waals surface area contributed by atoms with Crippen LogP contribution < -0.4 is 11.1 Å². The van der Waals surface area contributed by atoms with E-state index in [9.17, 15) is 0 Å². The van der Waals surface area contributed by atoms with E-state index in [1.54, 1.807) is 6.20 Å². The first-order chi connectivity index (χ1) is 7.40. The maximum absolute atomic E-state index is 5.73. The molecule has 0 saturated carbocycles. The maximum atomic E-state index is 5.73. The zero-order valence-electron chi connectivity index (χ0n) is 8.35. The number of rotatable bonds is 1. The van der Waals surface area contributed by atoms with Crippen LogP contribution in [0.5, 0.6) is 0 Å². The second-order valence-electron chi connectivity index (χ2n) is 3.77. The molecule has 3 rings (SSSR count). The Morgan fingerprint density at radius 1 is 1.60 bits per heavy atom. The minimum atomic E-state index is 0.301. The predicted octanol–water partition coefficient (Wildman–Crippen LogP) is 0.747. The third-order valence-corrected chi connectivity index (χ3v) is 2.86. The highest BCUT2D eigenvalue weighted by molar-refractivity contribution is 5.87. The molecule has 5 nitrogen and oxygen atoms in total. The van der Waals surface area contributed by atoms with E-state index in [-0.39, 0.29) is 0 Å². The molecule has 2 aromatic heterocycles. The summed E-state index contributed by atoms with van der Waals surface area (Å²) in [6.07, 6.45) is 2.79. The molecule has 0 saturated heterocycles. The minimum Gasteiger partial charge on any atom is -0.370 e. The minimum absolute atomic E-state index is 0.301. The highest BCUT2D eigenvalue weighted by atomic mass is 15.4. The molecule has 1 aliphatic rings. The van der Waals surface area contributed by atoms with Crippen LogP contribution in [-0.2, 0) is 0 Å². The molecule has 78 valence electrons. The zero-order chi connectivity index (χ0) is 10.3. The van der Waals surface area contributed by atoms with E-state index in [0.29, 0.717) is 12.6 Å². The van der Waals surface area contributed by atoms with Gasteiger partial charge in [-0.05, 0) is 18.6 Å². The summed E-state index contributed by atoms with van der Waals surface area (Å²) in [6.45, 7) is 1.58. The van der Waals surface area contributed by atoms with Gasteiger partial charge in [0.2, 0.25) is 0 Å². The molecule has 3 N–H and O–H groups in total. The standard InChI is InChI=1S/C10H13N5/c11-6-7-3-5-13-10-8-2-1-4-12-9(8)14-15(7)10/h1-2,4,7,13H,3,5-6,11H2. The fourth-order valence-electron chi connectivity index (χ4n) is 2.07. The molecule has 2 aromatic rings. The van der Waals surface area contributed by atoms with E-state index in [0.717, 1.165) is 29.8 Å². The molecule has 0 fully saturated rings. The number of hydrogen-bond acceptors (Lipinski definition) is 4. The molecular weight excluding hydrogens is 190 g/mol. The summed E-state index contributed by atoms with van der Waals surface area (Å²) in [6, 6.07) is 4.27. The Morgan fingerprint density at radius 3 is 3.40 bits per heavy atom. The zero-order valence-corrected chi connectivity index (χ0v) is 8.35. The van der Waals surface area contributed by atoms with E-state index < -0.39 is 0 Å². The predicted molar refractivity (Wildman–Crippen MR) is 58.7 cm³/mol. The highest BCUT2D eigenvalue weighted by Gasteiger charge is 2.21. The highest BCUT2D eigenvalue weighted by Crippen LogP contribution is 2.29. The van der Waals surface area contributed by atoms with Crippen LogP contribution in [0.25, 0.3) is 11.0 Å². The fourth-order valence-corrected chi connectivity index (χ4v) is 2.07. The lowest BCUT2D eigenvalue weighted by Crippen LogP contribution is -2.28. The fraction of sp³-hybridized carbons (Fsp3) is 0.400. The first-order valence-corrected chi connectivity index (χ1v) is 5.17.